The van der Waals surface area contributed by atoms with E-state index in [-0.39, 0.29) is 0 Å². The Morgan fingerprint density at radius 1 is 1.11 bits per heavy atom. The molecule has 1 fully saturated rings. The fraction of sp³-hybridized carbons (Fsp3) is 0.350. The van der Waals surface area contributed by atoms with Gasteiger partial charge in [0, 0.05) is 31.4 Å². The van der Waals surface area contributed by atoms with Gasteiger partial charge in [-0.05, 0) is 37.0 Å². The van der Waals surface area contributed by atoms with Crippen molar-refractivity contribution in [1.29, 1.82) is 5.26 Å². The summed E-state index contributed by atoms with van der Waals surface area (Å²) < 4.78 is 23.8. The predicted octanol–water partition coefficient (Wildman–Crippen LogP) is 3.26. The molecule has 6 nitrogen and oxygen atoms in total. The van der Waals surface area contributed by atoms with Gasteiger partial charge in [-0.25, -0.2) is 0 Å². The SMILES string of the molecule is N#CC1(N(c2ccccc2)N(Cl)S(=O)[O-])CCN(CCc2ccccc2)CC1. The summed E-state index contributed by atoms with van der Waals surface area (Å²) in [4.78, 5) is 2.30. The summed E-state index contributed by atoms with van der Waals surface area (Å²) in [5.41, 5.74) is 0.826. The number of likely N-dealkylation sites (tertiary alicyclic amines) is 1. The molecule has 1 unspecified atom stereocenters. The number of hydrogen-bond donors (Lipinski definition) is 0. The van der Waals surface area contributed by atoms with Crippen LogP contribution in [-0.4, -0.2) is 42.8 Å². The fourth-order valence-corrected chi connectivity index (χ4v) is 4.19. The Morgan fingerprint density at radius 2 is 1.68 bits per heavy atom. The topological polar surface area (TPSA) is 73.6 Å². The van der Waals surface area contributed by atoms with Gasteiger partial charge < -0.3 is 9.45 Å². The normalized spacial score (nSPS) is 17.8. The zero-order valence-electron chi connectivity index (χ0n) is 15.4. The van der Waals surface area contributed by atoms with Crippen LogP contribution in [0.5, 0.6) is 0 Å². The second-order valence-corrected chi connectivity index (χ2v) is 8.11. The van der Waals surface area contributed by atoms with E-state index in [0.717, 1.165) is 13.0 Å². The van der Waals surface area contributed by atoms with Crippen LogP contribution in [0.25, 0.3) is 0 Å². The van der Waals surface area contributed by atoms with Crippen molar-refractivity contribution in [2.75, 3.05) is 24.6 Å². The quantitative estimate of drug-likeness (QED) is 0.392. The van der Waals surface area contributed by atoms with Gasteiger partial charge in [-0.3, -0.25) is 9.22 Å². The van der Waals surface area contributed by atoms with Crippen LogP contribution in [0.3, 0.4) is 0 Å². The number of halogens is 1. The summed E-state index contributed by atoms with van der Waals surface area (Å²) in [5, 5.41) is 11.4. The van der Waals surface area contributed by atoms with Gasteiger partial charge in [-0.2, -0.15) is 5.26 Å². The van der Waals surface area contributed by atoms with Crippen LogP contribution in [0.15, 0.2) is 60.7 Å². The van der Waals surface area contributed by atoms with Crippen LogP contribution < -0.4 is 5.01 Å². The molecule has 1 aliphatic rings. The summed E-state index contributed by atoms with van der Waals surface area (Å²) in [6, 6.07) is 21.5. The van der Waals surface area contributed by atoms with Gasteiger partial charge in [0.15, 0.2) is 0 Å². The number of hydrazine groups is 1. The van der Waals surface area contributed by atoms with Gasteiger partial charge >= 0.3 is 0 Å². The molecule has 0 spiro atoms. The maximum Gasteiger partial charge on any atom is 0.147 e. The molecule has 1 atom stereocenters. The lowest BCUT2D eigenvalue weighted by molar-refractivity contribution is 0.172. The van der Waals surface area contributed by atoms with Gasteiger partial charge in [-0.1, -0.05) is 52.5 Å². The predicted molar refractivity (Wildman–Crippen MR) is 110 cm³/mol. The first kappa shape index (κ1) is 20.8. The standard InChI is InChI=1S/C20H23ClN4O2S/c21-25(28(26)27)24(19-9-5-2-6-10-19)20(17-22)12-15-23(16-13-20)14-11-18-7-3-1-4-8-18/h1-10H,11-16H2,(H,26,27)/p-1. The minimum atomic E-state index is -2.70. The molecule has 2 aromatic rings. The molecule has 0 saturated carbocycles. The van der Waals surface area contributed by atoms with E-state index >= 15 is 0 Å². The van der Waals surface area contributed by atoms with E-state index in [1.807, 2.05) is 24.3 Å². The van der Waals surface area contributed by atoms with Crippen molar-refractivity contribution in [3.05, 3.63) is 66.2 Å². The third kappa shape index (κ3) is 4.72. The minimum Gasteiger partial charge on any atom is -0.757 e. The lowest BCUT2D eigenvalue weighted by Crippen LogP contribution is -2.59. The third-order valence-corrected chi connectivity index (χ3v) is 6.04. The van der Waals surface area contributed by atoms with Crippen molar-refractivity contribution in [2.45, 2.75) is 24.8 Å². The molecule has 1 saturated heterocycles. The highest BCUT2D eigenvalue weighted by Gasteiger charge is 2.43. The van der Waals surface area contributed by atoms with Gasteiger partial charge in [0.1, 0.15) is 5.54 Å². The number of benzene rings is 2. The van der Waals surface area contributed by atoms with Crippen molar-refractivity contribution in [1.82, 2.24) is 8.83 Å². The summed E-state index contributed by atoms with van der Waals surface area (Å²) in [7, 11) is 0. The van der Waals surface area contributed by atoms with Crippen molar-refractivity contribution in [3.63, 3.8) is 0 Å². The Morgan fingerprint density at radius 3 is 2.21 bits per heavy atom. The fourth-order valence-electron chi connectivity index (χ4n) is 3.57. The highest BCUT2D eigenvalue weighted by molar-refractivity contribution is 7.77. The van der Waals surface area contributed by atoms with E-state index in [0.29, 0.717) is 35.6 Å². The molecule has 0 N–H and O–H groups in total. The van der Waals surface area contributed by atoms with Gasteiger partial charge in [0.05, 0.1) is 23.0 Å². The number of piperidine rings is 1. The Labute approximate surface area is 173 Å². The van der Waals surface area contributed by atoms with E-state index in [4.69, 9.17) is 11.8 Å². The molecule has 3 rings (SSSR count). The highest BCUT2D eigenvalue weighted by Crippen LogP contribution is 2.35. The van der Waals surface area contributed by atoms with Crippen molar-refractivity contribution in [3.8, 4) is 6.07 Å². The summed E-state index contributed by atoms with van der Waals surface area (Å²) in [6.45, 7) is 2.29. The third-order valence-electron chi connectivity index (χ3n) is 5.14. The monoisotopic (exact) mass is 417 g/mol. The van der Waals surface area contributed by atoms with E-state index in [1.165, 1.54) is 10.6 Å². The maximum atomic E-state index is 11.6. The molecular weight excluding hydrogens is 396 g/mol. The van der Waals surface area contributed by atoms with Crippen molar-refractivity contribution < 1.29 is 8.76 Å². The smallest absolute Gasteiger partial charge is 0.147 e. The number of anilines is 1. The molecule has 0 bridgehead atoms. The van der Waals surface area contributed by atoms with Gasteiger partial charge in [0.2, 0.25) is 0 Å². The van der Waals surface area contributed by atoms with Crippen LogP contribution in [-0.2, 0) is 17.7 Å². The molecule has 28 heavy (non-hydrogen) atoms. The summed E-state index contributed by atoms with van der Waals surface area (Å²) in [6.07, 6.45) is 1.93. The Bertz CT molecular complexity index is 823. The first-order valence-electron chi connectivity index (χ1n) is 9.14. The van der Waals surface area contributed by atoms with Crippen LogP contribution >= 0.6 is 11.8 Å². The Balaban J connectivity index is 1.73. The lowest BCUT2D eigenvalue weighted by Gasteiger charge is -2.47. The van der Waals surface area contributed by atoms with Crippen LogP contribution in [0.4, 0.5) is 5.69 Å². The minimum absolute atomic E-state index is 0.494. The maximum absolute atomic E-state index is 11.6. The molecule has 0 aliphatic carbocycles. The first-order valence-corrected chi connectivity index (χ1v) is 10.5. The summed E-state index contributed by atoms with van der Waals surface area (Å²) >= 11 is 3.38. The zero-order valence-corrected chi connectivity index (χ0v) is 17.0. The van der Waals surface area contributed by atoms with E-state index in [1.54, 1.807) is 24.3 Å². The molecule has 1 heterocycles. The highest BCUT2D eigenvalue weighted by atomic mass is 35.5. The number of rotatable bonds is 7. The molecule has 0 radical (unpaired) electrons. The molecule has 0 amide bonds. The van der Waals surface area contributed by atoms with Crippen molar-refractivity contribution in [2.24, 2.45) is 0 Å². The first-order chi connectivity index (χ1) is 13.6. The molecule has 148 valence electrons. The lowest BCUT2D eigenvalue weighted by atomic mass is 9.87. The van der Waals surface area contributed by atoms with Gasteiger partial charge in [-0.15, -0.1) is 0 Å². The van der Waals surface area contributed by atoms with E-state index < -0.39 is 16.8 Å². The number of nitrogens with zero attached hydrogens (tertiary/aromatic N) is 4. The van der Waals surface area contributed by atoms with Crippen LogP contribution in [0.1, 0.15) is 18.4 Å². The number of nitriles is 1. The second-order valence-electron chi connectivity index (χ2n) is 6.81. The summed E-state index contributed by atoms with van der Waals surface area (Å²) in [5.74, 6) is 0. The zero-order chi connectivity index (χ0) is 20.0. The van der Waals surface area contributed by atoms with E-state index in [9.17, 15) is 14.0 Å². The Kier molecular flexibility index (Phi) is 7.05. The van der Waals surface area contributed by atoms with Crippen molar-refractivity contribution >= 4 is 28.7 Å². The molecule has 2 aromatic carbocycles. The molecular formula is C20H22ClN4O2S-. The van der Waals surface area contributed by atoms with Crippen LogP contribution in [0.2, 0.25) is 0 Å². The Hall–Kier alpha value is -1.95. The molecule has 8 heteroatoms. The second kappa shape index (κ2) is 9.50. The number of para-hydroxylation sites is 1. The van der Waals surface area contributed by atoms with E-state index in [2.05, 4.69) is 23.1 Å². The molecule has 0 aromatic heterocycles. The van der Waals surface area contributed by atoms with Gasteiger partial charge in [0.25, 0.3) is 0 Å². The largest absolute Gasteiger partial charge is 0.757 e. The number of hydrogen-bond acceptors (Lipinski definition) is 5. The average molecular weight is 418 g/mol. The van der Waals surface area contributed by atoms with Crippen LogP contribution in [0, 0.1) is 11.3 Å². The average Bonchev–Trinajstić information content (AvgIpc) is 2.74. The molecule has 1 aliphatic heterocycles.